The van der Waals surface area contributed by atoms with Gasteiger partial charge in [-0.15, -0.1) is 0 Å². The highest BCUT2D eigenvalue weighted by molar-refractivity contribution is 5.82. The topological polar surface area (TPSA) is 88.8 Å². The summed E-state index contributed by atoms with van der Waals surface area (Å²) in [5, 5.41) is 13.6. The summed E-state index contributed by atoms with van der Waals surface area (Å²) in [6.07, 6.45) is 8.72. The van der Waals surface area contributed by atoms with Crippen LogP contribution in [0.3, 0.4) is 0 Å². The summed E-state index contributed by atoms with van der Waals surface area (Å²) in [4.78, 5) is 14.4. The summed E-state index contributed by atoms with van der Waals surface area (Å²) in [6.45, 7) is 4.10. The number of aliphatic hydroxyl groups is 1. The SMILES string of the molecule is COc1cc(OC)cc(N(CCN2CCC(CCO)CC2)c2ccc3ncc(-c4cnn(C)c4)nc3c2)c1. The molecule has 1 aliphatic heterocycles. The standard InChI is InChI=1S/C29H36N6O3/c1-33-20-22(18-31-33)29-19-30-27-5-4-23(16-28(27)32-29)35(24-14-25(37-2)17-26(15-24)38-3)12-11-34-9-6-21(7-10-34)8-13-36/h4-5,14-21,36H,6-13H2,1-3H3. The van der Waals surface area contributed by atoms with Crippen molar-refractivity contribution in [1.82, 2.24) is 24.6 Å². The Kier molecular flexibility index (Phi) is 8.05. The fraction of sp³-hybridized carbons (Fsp3) is 0.414. The molecule has 0 bridgehead atoms. The van der Waals surface area contributed by atoms with Crippen LogP contribution in [0.2, 0.25) is 0 Å². The maximum Gasteiger partial charge on any atom is 0.124 e. The smallest absolute Gasteiger partial charge is 0.124 e. The van der Waals surface area contributed by atoms with Crippen molar-refractivity contribution >= 4 is 22.4 Å². The average Bonchev–Trinajstić information content (AvgIpc) is 3.39. The number of benzene rings is 2. The first-order valence-corrected chi connectivity index (χ1v) is 13.2. The molecule has 0 spiro atoms. The van der Waals surface area contributed by atoms with Crippen LogP contribution in [0.5, 0.6) is 11.5 Å². The normalized spacial score (nSPS) is 14.6. The van der Waals surface area contributed by atoms with E-state index in [9.17, 15) is 5.11 Å². The summed E-state index contributed by atoms with van der Waals surface area (Å²) in [7, 11) is 5.24. The van der Waals surface area contributed by atoms with Gasteiger partial charge in [-0.25, -0.2) is 4.98 Å². The number of aliphatic hydroxyl groups excluding tert-OH is 1. The molecule has 1 aliphatic rings. The molecule has 38 heavy (non-hydrogen) atoms. The van der Waals surface area contributed by atoms with E-state index in [0.29, 0.717) is 5.92 Å². The fourth-order valence-electron chi connectivity index (χ4n) is 5.14. The molecule has 0 aliphatic carbocycles. The second-order valence-corrected chi connectivity index (χ2v) is 9.85. The molecule has 0 atom stereocenters. The Labute approximate surface area is 223 Å². The van der Waals surface area contributed by atoms with Crippen molar-refractivity contribution in [1.29, 1.82) is 0 Å². The van der Waals surface area contributed by atoms with Crippen molar-refractivity contribution in [3.05, 3.63) is 55.0 Å². The van der Waals surface area contributed by atoms with E-state index in [1.807, 2.05) is 37.5 Å². The zero-order valence-electron chi connectivity index (χ0n) is 22.4. The predicted octanol–water partition coefficient (Wildman–Crippen LogP) is 4.28. The third kappa shape index (κ3) is 5.89. The lowest BCUT2D eigenvalue weighted by Gasteiger charge is -2.34. The van der Waals surface area contributed by atoms with Gasteiger partial charge in [0.25, 0.3) is 0 Å². The number of nitrogens with zero attached hydrogens (tertiary/aromatic N) is 6. The molecule has 0 unspecified atom stereocenters. The number of anilines is 2. The van der Waals surface area contributed by atoms with Crippen molar-refractivity contribution in [3.8, 4) is 22.8 Å². The number of fused-ring (bicyclic) bond motifs is 1. The van der Waals surface area contributed by atoms with Gasteiger partial charge in [0.2, 0.25) is 0 Å². The Bertz CT molecular complexity index is 1340. The Morgan fingerprint density at radius 3 is 2.39 bits per heavy atom. The summed E-state index contributed by atoms with van der Waals surface area (Å²) < 4.78 is 12.9. The highest BCUT2D eigenvalue weighted by atomic mass is 16.5. The molecular weight excluding hydrogens is 480 g/mol. The molecule has 0 saturated carbocycles. The minimum absolute atomic E-state index is 0.281. The van der Waals surface area contributed by atoms with E-state index in [1.165, 1.54) is 0 Å². The third-order valence-corrected chi connectivity index (χ3v) is 7.37. The molecule has 200 valence electrons. The lowest BCUT2D eigenvalue weighted by Crippen LogP contribution is -2.38. The second kappa shape index (κ2) is 11.8. The number of ether oxygens (including phenoxy) is 2. The van der Waals surface area contributed by atoms with Gasteiger partial charge in [0.15, 0.2) is 0 Å². The molecule has 5 rings (SSSR count). The van der Waals surface area contributed by atoms with E-state index in [0.717, 1.165) is 90.6 Å². The monoisotopic (exact) mass is 516 g/mol. The molecule has 4 aromatic rings. The first kappa shape index (κ1) is 25.9. The van der Waals surface area contributed by atoms with Gasteiger partial charge >= 0.3 is 0 Å². The van der Waals surface area contributed by atoms with E-state index >= 15 is 0 Å². The van der Waals surface area contributed by atoms with Crippen molar-refractivity contribution in [2.45, 2.75) is 19.3 Å². The molecule has 0 amide bonds. The minimum Gasteiger partial charge on any atom is -0.497 e. The zero-order chi connectivity index (χ0) is 26.5. The van der Waals surface area contributed by atoms with E-state index < -0.39 is 0 Å². The first-order chi connectivity index (χ1) is 18.6. The molecule has 9 nitrogen and oxygen atoms in total. The van der Waals surface area contributed by atoms with Crippen molar-refractivity contribution in [2.24, 2.45) is 13.0 Å². The number of methoxy groups -OCH3 is 2. The lowest BCUT2D eigenvalue weighted by molar-refractivity contribution is 0.161. The zero-order valence-corrected chi connectivity index (χ0v) is 22.4. The molecule has 1 saturated heterocycles. The second-order valence-electron chi connectivity index (χ2n) is 9.85. The Balaban J connectivity index is 1.46. The molecule has 9 heteroatoms. The van der Waals surface area contributed by atoms with E-state index in [-0.39, 0.29) is 6.61 Å². The maximum absolute atomic E-state index is 9.30. The van der Waals surface area contributed by atoms with Gasteiger partial charge in [0.1, 0.15) is 11.5 Å². The van der Waals surface area contributed by atoms with Gasteiger partial charge in [-0.05, 0) is 56.5 Å². The van der Waals surface area contributed by atoms with E-state index in [2.05, 4.69) is 32.0 Å². The van der Waals surface area contributed by atoms with Gasteiger partial charge in [-0.1, -0.05) is 0 Å². The van der Waals surface area contributed by atoms with Gasteiger partial charge in [0.05, 0.1) is 43.3 Å². The molecule has 1 fully saturated rings. The van der Waals surface area contributed by atoms with Crippen LogP contribution in [0.4, 0.5) is 11.4 Å². The molecule has 2 aromatic carbocycles. The number of hydrogen-bond donors (Lipinski definition) is 1. The largest absolute Gasteiger partial charge is 0.497 e. The third-order valence-electron chi connectivity index (χ3n) is 7.37. The summed E-state index contributed by atoms with van der Waals surface area (Å²) in [6, 6.07) is 12.2. The fourth-order valence-corrected chi connectivity index (χ4v) is 5.14. The molecule has 2 aromatic heterocycles. The van der Waals surface area contributed by atoms with Crippen LogP contribution in [0.1, 0.15) is 19.3 Å². The Morgan fingerprint density at radius 1 is 0.974 bits per heavy atom. The maximum atomic E-state index is 9.30. The number of aryl methyl sites for hydroxylation is 1. The average molecular weight is 517 g/mol. The number of likely N-dealkylation sites (tertiary alicyclic amines) is 1. The van der Waals surface area contributed by atoms with Crippen LogP contribution in [0.25, 0.3) is 22.3 Å². The van der Waals surface area contributed by atoms with Crippen LogP contribution >= 0.6 is 0 Å². The van der Waals surface area contributed by atoms with Crippen LogP contribution in [0, 0.1) is 5.92 Å². The van der Waals surface area contributed by atoms with Crippen molar-refractivity contribution in [2.75, 3.05) is 51.9 Å². The van der Waals surface area contributed by atoms with Crippen molar-refractivity contribution in [3.63, 3.8) is 0 Å². The summed E-state index contributed by atoms with van der Waals surface area (Å²) >= 11 is 0. The van der Waals surface area contributed by atoms with E-state index in [1.54, 1.807) is 31.3 Å². The number of hydrogen-bond acceptors (Lipinski definition) is 8. The Hall–Kier alpha value is -3.69. The van der Waals surface area contributed by atoms with Crippen LogP contribution in [-0.4, -0.2) is 76.8 Å². The van der Waals surface area contributed by atoms with Crippen LogP contribution in [-0.2, 0) is 7.05 Å². The number of piperidine rings is 1. The number of rotatable bonds is 10. The Morgan fingerprint density at radius 2 is 1.74 bits per heavy atom. The predicted molar refractivity (Wildman–Crippen MR) is 149 cm³/mol. The van der Waals surface area contributed by atoms with Crippen molar-refractivity contribution < 1.29 is 14.6 Å². The lowest BCUT2D eigenvalue weighted by atomic mass is 9.94. The minimum atomic E-state index is 0.281. The van der Waals surface area contributed by atoms with Gasteiger partial charge in [-0.3, -0.25) is 9.67 Å². The van der Waals surface area contributed by atoms with Gasteiger partial charge in [0, 0.05) is 68.1 Å². The van der Waals surface area contributed by atoms with Gasteiger partial charge < -0.3 is 24.4 Å². The van der Waals surface area contributed by atoms with Crippen LogP contribution in [0.15, 0.2) is 55.0 Å². The summed E-state index contributed by atoms with van der Waals surface area (Å²) in [5.41, 5.74) is 5.42. The quantitative estimate of drug-likeness (QED) is 0.334. The highest BCUT2D eigenvalue weighted by Crippen LogP contribution is 2.34. The van der Waals surface area contributed by atoms with Crippen LogP contribution < -0.4 is 14.4 Å². The molecular formula is C29H36N6O3. The molecule has 1 N–H and O–H groups in total. The molecule has 0 radical (unpaired) electrons. The van der Waals surface area contributed by atoms with E-state index in [4.69, 9.17) is 14.5 Å². The first-order valence-electron chi connectivity index (χ1n) is 13.2. The molecule has 3 heterocycles. The highest BCUT2D eigenvalue weighted by Gasteiger charge is 2.21. The number of aromatic nitrogens is 4. The van der Waals surface area contributed by atoms with Gasteiger partial charge in [-0.2, -0.15) is 5.10 Å². The summed E-state index contributed by atoms with van der Waals surface area (Å²) in [5.74, 6) is 2.12.